The molecule has 0 aliphatic carbocycles. The lowest BCUT2D eigenvalue weighted by molar-refractivity contribution is -0.137. The molecule has 224 valence electrons. The molecule has 2 atom stereocenters. The van der Waals surface area contributed by atoms with Crippen molar-refractivity contribution in [2.75, 3.05) is 32.8 Å². The van der Waals surface area contributed by atoms with Crippen molar-refractivity contribution in [3.63, 3.8) is 0 Å². The van der Waals surface area contributed by atoms with Gasteiger partial charge in [0.25, 0.3) is 0 Å². The minimum absolute atomic E-state index is 0.0214. The number of fused-ring (bicyclic) bond motifs is 2. The van der Waals surface area contributed by atoms with Crippen LogP contribution in [0.3, 0.4) is 0 Å². The van der Waals surface area contributed by atoms with Crippen LogP contribution in [0.4, 0.5) is 13.2 Å². The molecule has 14 heteroatoms. The number of aromatic nitrogens is 2. The van der Waals surface area contributed by atoms with Crippen molar-refractivity contribution in [1.82, 2.24) is 24.5 Å². The monoisotopic (exact) mass is 597 g/mol. The third-order valence-electron chi connectivity index (χ3n) is 8.00. The smallest absolute Gasteiger partial charge is 0.416 e. The molecule has 3 aliphatic rings. The van der Waals surface area contributed by atoms with Crippen molar-refractivity contribution in [1.29, 1.82) is 0 Å². The SMILES string of the molecule is CCCO[C@@H]1C[C@H]2C(=O)NC3(CCOc4ccc(C(F)(F)F)cc4S(=O)(=O)N2C1)CCN(Cc1cncnc1)CC3. The van der Waals surface area contributed by atoms with Gasteiger partial charge in [-0.3, -0.25) is 9.69 Å². The van der Waals surface area contributed by atoms with Gasteiger partial charge in [-0.25, -0.2) is 18.4 Å². The van der Waals surface area contributed by atoms with Crippen LogP contribution in [0, 0.1) is 0 Å². The maximum absolute atomic E-state index is 13.9. The fourth-order valence-electron chi connectivity index (χ4n) is 5.76. The zero-order valence-corrected chi connectivity index (χ0v) is 23.6. The van der Waals surface area contributed by atoms with Crippen LogP contribution in [0.15, 0.2) is 41.8 Å². The minimum Gasteiger partial charge on any atom is -0.492 e. The van der Waals surface area contributed by atoms with Gasteiger partial charge >= 0.3 is 6.18 Å². The van der Waals surface area contributed by atoms with Gasteiger partial charge < -0.3 is 14.8 Å². The number of halogens is 3. The van der Waals surface area contributed by atoms with Gasteiger partial charge in [0.1, 0.15) is 23.0 Å². The standard InChI is InChI=1S/C27H34F3N5O5S/c1-2-10-39-21-13-22-25(36)33-26(5-8-34(9-6-26)16-19-14-31-18-32-15-19)7-11-40-23-4-3-20(27(28,29)30)12-24(23)41(37,38)35(22)17-21/h3-4,12,14-15,18,21-22H,2,5-11,13,16-17H2,1H3,(H,33,36)/t21-,22+/m1/s1. The van der Waals surface area contributed by atoms with Crippen molar-refractivity contribution < 1.29 is 35.9 Å². The normalized spacial score (nSPS) is 25.0. The van der Waals surface area contributed by atoms with Gasteiger partial charge in [-0.05, 0) is 37.5 Å². The second-order valence-corrected chi connectivity index (χ2v) is 12.7. The van der Waals surface area contributed by atoms with E-state index in [1.54, 1.807) is 12.4 Å². The van der Waals surface area contributed by atoms with Crippen molar-refractivity contribution in [2.45, 2.75) is 74.3 Å². The molecule has 10 nitrogen and oxygen atoms in total. The lowest BCUT2D eigenvalue weighted by Crippen LogP contribution is -2.59. The molecule has 1 spiro atoms. The van der Waals surface area contributed by atoms with Crippen LogP contribution in [0.1, 0.15) is 50.2 Å². The highest BCUT2D eigenvalue weighted by molar-refractivity contribution is 7.89. The van der Waals surface area contributed by atoms with Crippen molar-refractivity contribution in [3.05, 3.63) is 48.0 Å². The van der Waals surface area contributed by atoms with Crippen molar-refractivity contribution >= 4 is 15.9 Å². The van der Waals surface area contributed by atoms with Gasteiger partial charge in [0.15, 0.2) is 0 Å². The molecular weight excluding hydrogens is 563 g/mol. The Morgan fingerprint density at radius 1 is 1.17 bits per heavy atom. The zero-order chi connectivity index (χ0) is 29.3. The molecule has 5 rings (SSSR count). The third kappa shape index (κ3) is 6.50. The highest BCUT2D eigenvalue weighted by Crippen LogP contribution is 2.39. The Morgan fingerprint density at radius 2 is 1.90 bits per heavy atom. The van der Waals surface area contributed by atoms with E-state index in [9.17, 15) is 26.4 Å². The molecule has 0 bridgehead atoms. The molecule has 3 aliphatic heterocycles. The summed E-state index contributed by atoms with van der Waals surface area (Å²) in [7, 11) is -4.55. The van der Waals surface area contributed by atoms with E-state index in [0.717, 1.165) is 22.0 Å². The van der Waals surface area contributed by atoms with E-state index in [1.165, 1.54) is 6.33 Å². The quantitative estimate of drug-likeness (QED) is 0.560. The Balaban J connectivity index is 1.45. The average Bonchev–Trinajstić information content (AvgIpc) is 3.38. The molecular formula is C27H34F3N5O5S. The Kier molecular flexibility index (Phi) is 8.56. The molecule has 41 heavy (non-hydrogen) atoms. The molecule has 2 saturated heterocycles. The number of amides is 1. The van der Waals surface area contributed by atoms with Gasteiger partial charge in [-0.2, -0.15) is 17.5 Å². The second-order valence-electron chi connectivity index (χ2n) is 10.9. The maximum Gasteiger partial charge on any atom is 0.416 e. The predicted octanol–water partition coefficient (Wildman–Crippen LogP) is 2.99. The number of nitrogens with zero attached hydrogens (tertiary/aromatic N) is 4. The second kappa shape index (κ2) is 11.8. The van der Waals surface area contributed by atoms with Gasteiger partial charge in [0, 0.05) is 69.1 Å². The van der Waals surface area contributed by atoms with Crippen molar-refractivity contribution in [3.8, 4) is 5.75 Å². The number of hydrogen-bond acceptors (Lipinski definition) is 8. The summed E-state index contributed by atoms with van der Waals surface area (Å²) < 4.78 is 81.2. The summed E-state index contributed by atoms with van der Waals surface area (Å²) in [4.78, 5) is 23.5. The number of rotatable bonds is 5. The number of hydrogen-bond donors (Lipinski definition) is 1. The molecule has 0 saturated carbocycles. The van der Waals surface area contributed by atoms with Crippen LogP contribution < -0.4 is 10.1 Å². The highest BCUT2D eigenvalue weighted by Gasteiger charge is 2.48. The Labute approximate surface area is 237 Å². The number of piperidine rings is 1. The summed E-state index contributed by atoms with van der Waals surface area (Å²) >= 11 is 0. The van der Waals surface area contributed by atoms with E-state index in [0.29, 0.717) is 58.0 Å². The van der Waals surface area contributed by atoms with E-state index in [4.69, 9.17) is 9.47 Å². The largest absolute Gasteiger partial charge is 0.492 e. The molecule has 2 aromatic rings. The summed E-state index contributed by atoms with van der Waals surface area (Å²) in [5.74, 6) is -0.641. The van der Waals surface area contributed by atoms with Gasteiger partial charge in [0.05, 0.1) is 18.3 Å². The zero-order valence-electron chi connectivity index (χ0n) is 22.8. The maximum atomic E-state index is 13.9. The number of alkyl halides is 3. The summed E-state index contributed by atoms with van der Waals surface area (Å²) in [5.41, 5.74) is -0.808. The van der Waals surface area contributed by atoms with Crippen molar-refractivity contribution in [2.24, 2.45) is 0 Å². The number of benzene rings is 1. The van der Waals surface area contributed by atoms with Crippen LogP contribution in [0.2, 0.25) is 0 Å². The van der Waals surface area contributed by atoms with Gasteiger partial charge in [0.2, 0.25) is 15.9 Å². The number of carbonyl (C=O) groups is 1. The predicted molar refractivity (Wildman–Crippen MR) is 141 cm³/mol. The third-order valence-corrected chi connectivity index (χ3v) is 9.89. The number of carbonyl (C=O) groups excluding carboxylic acids is 1. The molecule has 1 N–H and O–H groups in total. The summed E-state index contributed by atoms with van der Waals surface area (Å²) in [5, 5.41) is 3.15. The molecule has 1 aromatic carbocycles. The van der Waals surface area contributed by atoms with Crippen LogP contribution in [0.5, 0.6) is 5.75 Å². The van der Waals surface area contributed by atoms with Crippen LogP contribution in [-0.2, 0) is 32.3 Å². The molecule has 1 amide bonds. The first-order valence-electron chi connectivity index (χ1n) is 13.8. The first kappa shape index (κ1) is 29.7. The van der Waals surface area contributed by atoms with E-state index < -0.39 is 50.3 Å². The number of sulfonamides is 1. The number of nitrogens with one attached hydrogen (secondary N) is 1. The molecule has 0 radical (unpaired) electrons. The van der Waals surface area contributed by atoms with E-state index in [-0.39, 0.29) is 25.3 Å². The van der Waals surface area contributed by atoms with Gasteiger partial charge in [-0.1, -0.05) is 6.92 Å². The molecule has 1 aromatic heterocycles. The Bertz CT molecular complexity index is 1340. The average molecular weight is 598 g/mol. The lowest BCUT2D eigenvalue weighted by Gasteiger charge is -2.43. The van der Waals surface area contributed by atoms with Gasteiger partial charge in [-0.15, -0.1) is 0 Å². The van der Waals surface area contributed by atoms with Crippen LogP contribution >= 0.6 is 0 Å². The lowest BCUT2D eigenvalue weighted by atomic mass is 9.84. The number of likely N-dealkylation sites (tertiary alicyclic amines) is 1. The summed E-state index contributed by atoms with van der Waals surface area (Å²) in [6.07, 6.45) is 2.01. The van der Waals surface area contributed by atoms with E-state index >= 15 is 0 Å². The number of ether oxygens (including phenoxy) is 2. The highest BCUT2D eigenvalue weighted by atomic mass is 32.2. The molecule has 0 unspecified atom stereocenters. The first-order chi connectivity index (χ1) is 19.5. The Morgan fingerprint density at radius 3 is 2.59 bits per heavy atom. The summed E-state index contributed by atoms with van der Waals surface area (Å²) in [6, 6.07) is 1.34. The molecule has 4 heterocycles. The van der Waals surface area contributed by atoms with Crippen LogP contribution in [-0.4, -0.2) is 84.0 Å². The van der Waals surface area contributed by atoms with E-state index in [1.807, 2.05) is 6.92 Å². The fourth-order valence-corrected chi connectivity index (χ4v) is 7.55. The Hall–Kier alpha value is -2.81. The molecule has 2 fully saturated rings. The minimum atomic E-state index is -4.75. The fraction of sp³-hybridized carbons (Fsp3) is 0.593. The topological polar surface area (TPSA) is 114 Å². The van der Waals surface area contributed by atoms with Crippen LogP contribution in [0.25, 0.3) is 0 Å². The first-order valence-corrected chi connectivity index (χ1v) is 15.2. The van der Waals surface area contributed by atoms with E-state index in [2.05, 4.69) is 20.2 Å². The summed E-state index contributed by atoms with van der Waals surface area (Å²) in [6.45, 7) is 4.14.